The van der Waals surface area contributed by atoms with Crippen LogP contribution < -0.4 is 5.32 Å². The molecule has 0 aliphatic carbocycles. The number of amides is 2. The van der Waals surface area contributed by atoms with E-state index in [9.17, 15) is 9.59 Å². The summed E-state index contributed by atoms with van der Waals surface area (Å²) in [6.45, 7) is 4.13. The summed E-state index contributed by atoms with van der Waals surface area (Å²) in [7, 11) is 0. The summed E-state index contributed by atoms with van der Waals surface area (Å²) in [6, 6.07) is 3.58. The average Bonchev–Trinajstić information content (AvgIpc) is 3.24. The number of nitrogens with zero attached hydrogens (tertiary/aromatic N) is 3. The largest absolute Gasteiger partial charge is 0.342 e. The molecule has 6 nitrogen and oxygen atoms in total. The Kier molecular flexibility index (Phi) is 5.95. The smallest absolute Gasteiger partial charge is 0.261 e. The molecule has 1 aliphatic heterocycles. The lowest BCUT2D eigenvalue weighted by atomic mass is 10.3. The molecule has 0 aromatic carbocycles. The van der Waals surface area contributed by atoms with Gasteiger partial charge in [-0.2, -0.15) is 0 Å². The molecule has 0 unspecified atom stereocenters. The van der Waals surface area contributed by atoms with Gasteiger partial charge in [0.1, 0.15) is 5.01 Å². The van der Waals surface area contributed by atoms with Crippen LogP contribution in [0.25, 0.3) is 0 Å². The lowest BCUT2D eigenvalue weighted by Gasteiger charge is -2.21. The topological polar surface area (TPSA) is 65.5 Å². The average molecular weight is 364 g/mol. The molecular weight excluding hydrogens is 344 g/mol. The fraction of sp³-hybridized carbons (Fsp3) is 0.438. The van der Waals surface area contributed by atoms with Gasteiger partial charge in [0.05, 0.1) is 18.0 Å². The number of carbonyl (C=O) groups excluding carboxylic acids is 2. The van der Waals surface area contributed by atoms with E-state index < -0.39 is 0 Å². The van der Waals surface area contributed by atoms with Crippen LogP contribution in [-0.4, -0.2) is 59.3 Å². The molecule has 3 rings (SSSR count). The third-order valence-electron chi connectivity index (χ3n) is 3.93. The van der Waals surface area contributed by atoms with E-state index in [2.05, 4.69) is 15.2 Å². The molecule has 0 saturated carbocycles. The van der Waals surface area contributed by atoms with Gasteiger partial charge in [-0.1, -0.05) is 6.07 Å². The Labute approximate surface area is 149 Å². The van der Waals surface area contributed by atoms with Crippen molar-refractivity contribution in [3.8, 4) is 0 Å². The minimum absolute atomic E-state index is 0.0176. The van der Waals surface area contributed by atoms with Crippen LogP contribution in [0.5, 0.6) is 0 Å². The highest BCUT2D eigenvalue weighted by molar-refractivity contribution is 7.12. The van der Waals surface area contributed by atoms with Crippen molar-refractivity contribution in [2.45, 2.75) is 13.0 Å². The zero-order valence-electron chi connectivity index (χ0n) is 13.3. The zero-order valence-corrected chi connectivity index (χ0v) is 14.9. The first kappa shape index (κ1) is 17.1. The summed E-state index contributed by atoms with van der Waals surface area (Å²) < 4.78 is 0. The van der Waals surface area contributed by atoms with E-state index in [0.717, 1.165) is 37.6 Å². The van der Waals surface area contributed by atoms with Gasteiger partial charge >= 0.3 is 0 Å². The van der Waals surface area contributed by atoms with Crippen molar-refractivity contribution >= 4 is 34.5 Å². The van der Waals surface area contributed by atoms with Gasteiger partial charge < -0.3 is 10.2 Å². The maximum atomic E-state index is 12.3. The van der Waals surface area contributed by atoms with E-state index in [0.29, 0.717) is 11.4 Å². The Morgan fingerprint density at radius 3 is 2.83 bits per heavy atom. The summed E-state index contributed by atoms with van der Waals surface area (Å²) in [4.78, 5) is 33.4. The Morgan fingerprint density at radius 1 is 1.17 bits per heavy atom. The second kappa shape index (κ2) is 8.36. The molecule has 1 fully saturated rings. The van der Waals surface area contributed by atoms with E-state index >= 15 is 0 Å². The molecule has 1 aliphatic rings. The summed E-state index contributed by atoms with van der Waals surface area (Å²) in [5, 5.41) is 7.65. The van der Waals surface area contributed by atoms with Gasteiger partial charge in [-0.15, -0.1) is 22.7 Å². The van der Waals surface area contributed by atoms with Gasteiger partial charge in [0.2, 0.25) is 5.91 Å². The molecule has 1 N–H and O–H groups in total. The van der Waals surface area contributed by atoms with E-state index in [1.54, 1.807) is 17.4 Å². The second-order valence-corrected chi connectivity index (χ2v) is 7.52. The van der Waals surface area contributed by atoms with Crippen LogP contribution in [0, 0.1) is 0 Å². The molecule has 128 valence electrons. The first-order chi connectivity index (χ1) is 11.7. The Bertz CT molecular complexity index is 658. The van der Waals surface area contributed by atoms with E-state index in [1.165, 1.54) is 11.3 Å². The summed E-state index contributed by atoms with van der Waals surface area (Å²) >= 11 is 3.04. The monoisotopic (exact) mass is 364 g/mol. The minimum atomic E-state index is -0.182. The molecule has 0 atom stereocenters. The standard InChI is InChI=1S/C16H20N4O2S2/c21-15(11-18-16(22)13-3-1-9-23-13)20-6-2-5-19(7-8-20)12-14-17-4-10-24-14/h1,3-4,9-10H,2,5-8,11-12H2,(H,18,22). The number of hydrogen-bond acceptors (Lipinski definition) is 6. The second-order valence-electron chi connectivity index (χ2n) is 5.60. The van der Waals surface area contributed by atoms with Gasteiger partial charge in [-0.3, -0.25) is 14.5 Å². The molecule has 0 radical (unpaired) electrons. The third-order valence-corrected chi connectivity index (χ3v) is 5.56. The highest BCUT2D eigenvalue weighted by atomic mass is 32.1. The highest BCUT2D eigenvalue weighted by Gasteiger charge is 2.20. The van der Waals surface area contributed by atoms with Crippen LogP contribution >= 0.6 is 22.7 Å². The molecule has 0 bridgehead atoms. The molecule has 2 aromatic rings. The predicted octanol–water partition coefficient (Wildman–Crippen LogP) is 1.67. The summed E-state index contributed by atoms with van der Waals surface area (Å²) in [6.07, 6.45) is 2.76. The molecule has 3 heterocycles. The number of carbonyl (C=O) groups is 2. The van der Waals surface area contributed by atoms with Gasteiger partial charge in [0.25, 0.3) is 5.91 Å². The van der Waals surface area contributed by atoms with Crippen LogP contribution in [0.2, 0.25) is 0 Å². The van der Waals surface area contributed by atoms with Crippen molar-refractivity contribution in [2.24, 2.45) is 0 Å². The van der Waals surface area contributed by atoms with Gasteiger partial charge in [-0.25, -0.2) is 4.98 Å². The quantitative estimate of drug-likeness (QED) is 0.876. The lowest BCUT2D eigenvalue weighted by Crippen LogP contribution is -2.41. The molecule has 8 heteroatoms. The molecular formula is C16H20N4O2S2. The van der Waals surface area contributed by atoms with E-state index in [1.807, 2.05) is 27.9 Å². The maximum Gasteiger partial charge on any atom is 0.261 e. The summed E-state index contributed by atoms with van der Waals surface area (Å²) in [5.74, 6) is -0.199. The number of aromatic nitrogens is 1. The lowest BCUT2D eigenvalue weighted by molar-refractivity contribution is -0.130. The number of hydrogen-bond donors (Lipinski definition) is 1. The van der Waals surface area contributed by atoms with Gasteiger partial charge in [0, 0.05) is 37.8 Å². The van der Waals surface area contributed by atoms with Crippen LogP contribution in [0.4, 0.5) is 0 Å². The molecule has 24 heavy (non-hydrogen) atoms. The van der Waals surface area contributed by atoms with Crippen LogP contribution in [-0.2, 0) is 11.3 Å². The van der Waals surface area contributed by atoms with Crippen molar-refractivity contribution < 1.29 is 9.59 Å². The van der Waals surface area contributed by atoms with Crippen molar-refractivity contribution in [1.82, 2.24) is 20.1 Å². The SMILES string of the molecule is O=C(NCC(=O)N1CCCN(Cc2nccs2)CC1)c1cccs1. The predicted molar refractivity (Wildman–Crippen MR) is 95.2 cm³/mol. The van der Waals surface area contributed by atoms with Crippen LogP contribution in [0.15, 0.2) is 29.1 Å². The van der Waals surface area contributed by atoms with E-state index in [-0.39, 0.29) is 18.4 Å². The van der Waals surface area contributed by atoms with Crippen molar-refractivity contribution in [3.63, 3.8) is 0 Å². The number of thiophene rings is 1. The first-order valence-electron chi connectivity index (χ1n) is 7.92. The summed E-state index contributed by atoms with van der Waals surface area (Å²) in [5.41, 5.74) is 0. The number of thiazole rings is 1. The number of nitrogens with one attached hydrogen (secondary N) is 1. The molecule has 2 aromatic heterocycles. The Balaban J connectivity index is 1.45. The normalized spacial score (nSPS) is 15.9. The van der Waals surface area contributed by atoms with Crippen molar-refractivity contribution in [1.29, 1.82) is 0 Å². The fourth-order valence-corrected chi connectivity index (χ4v) is 3.96. The van der Waals surface area contributed by atoms with Gasteiger partial charge in [-0.05, 0) is 17.9 Å². The first-order valence-corrected chi connectivity index (χ1v) is 9.68. The fourth-order valence-electron chi connectivity index (χ4n) is 2.66. The zero-order chi connectivity index (χ0) is 16.8. The van der Waals surface area contributed by atoms with Gasteiger partial charge in [0.15, 0.2) is 0 Å². The van der Waals surface area contributed by atoms with E-state index in [4.69, 9.17) is 0 Å². The Morgan fingerprint density at radius 2 is 2.08 bits per heavy atom. The Hall–Kier alpha value is -1.77. The van der Waals surface area contributed by atoms with Crippen molar-refractivity contribution in [2.75, 3.05) is 32.7 Å². The van der Waals surface area contributed by atoms with Crippen LogP contribution in [0.3, 0.4) is 0 Å². The highest BCUT2D eigenvalue weighted by Crippen LogP contribution is 2.11. The molecule has 0 spiro atoms. The van der Waals surface area contributed by atoms with Crippen molar-refractivity contribution in [3.05, 3.63) is 39.0 Å². The third kappa shape index (κ3) is 4.62. The maximum absolute atomic E-state index is 12.3. The number of rotatable bonds is 5. The minimum Gasteiger partial charge on any atom is -0.342 e. The van der Waals surface area contributed by atoms with Crippen LogP contribution in [0.1, 0.15) is 21.1 Å². The molecule has 2 amide bonds. The molecule has 1 saturated heterocycles.